The number of thioether (sulfide) groups is 1. The Balaban J connectivity index is 1.73. The van der Waals surface area contributed by atoms with Crippen LogP contribution in [0.1, 0.15) is 32.8 Å². The van der Waals surface area contributed by atoms with Gasteiger partial charge in [0.15, 0.2) is 28.7 Å². The Bertz CT molecular complexity index is 1430. The summed E-state index contributed by atoms with van der Waals surface area (Å²) in [5.74, 6) is 0.826. The molecule has 3 N–H and O–H groups in total. The van der Waals surface area contributed by atoms with Gasteiger partial charge in [-0.25, -0.2) is 23.7 Å². The standard InChI is InChI=1S/C24H21F2N7OS/c1-5-13(2)34-18-10-30-20-17(32-18)6-7-29-21(20)31-14-8-15(19(26)16(25)9-14)24(4)11-23(3,12-27)35-22(28)33-24/h1,6-10,13H,11H2,2-4H3,(H2,28,33)(H,29,31)/t13-,23+,24-/m0/s1. The summed E-state index contributed by atoms with van der Waals surface area (Å²) in [5.41, 5.74) is 5.73. The molecular formula is C24H21F2N7OS. The highest BCUT2D eigenvalue weighted by atomic mass is 32.2. The van der Waals surface area contributed by atoms with Gasteiger partial charge >= 0.3 is 0 Å². The second kappa shape index (κ2) is 9.01. The van der Waals surface area contributed by atoms with Crippen molar-refractivity contribution in [2.45, 2.75) is 43.6 Å². The second-order valence-electron chi connectivity index (χ2n) is 8.45. The smallest absolute Gasteiger partial charge is 0.234 e. The topological polar surface area (TPSA) is 122 Å². The fourth-order valence-electron chi connectivity index (χ4n) is 3.93. The van der Waals surface area contributed by atoms with Crippen molar-refractivity contribution < 1.29 is 13.5 Å². The van der Waals surface area contributed by atoms with Gasteiger partial charge < -0.3 is 15.8 Å². The normalized spacial score (nSPS) is 22.5. The SMILES string of the molecule is C#C[C@H](C)Oc1cnc2c(Nc3cc(F)c(F)c([C@]4(C)C[C@](C)(C#N)SC(N)=N4)c3)nccc2n1. The second-order valence-corrected chi connectivity index (χ2v) is 9.98. The van der Waals surface area contributed by atoms with Gasteiger partial charge in [-0.05, 0) is 32.9 Å². The van der Waals surface area contributed by atoms with Gasteiger partial charge in [-0.15, -0.1) is 6.42 Å². The molecule has 1 aliphatic heterocycles. The van der Waals surface area contributed by atoms with Crippen molar-refractivity contribution in [3.8, 4) is 24.3 Å². The maximum atomic E-state index is 15.0. The quantitative estimate of drug-likeness (QED) is 0.502. The third-order valence-electron chi connectivity index (χ3n) is 5.45. The van der Waals surface area contributed by atoms with Crippen molar-refractivity contribution in [3.05, 3.63) is 47.8 Å². The third-order valence-corrected chi connectivity index (χ3v) is 6.43. The van der Waals surface area contributed by atoms with Gasteiger partial charge in [0.05, 0.1) is 23.3 Å². The molecule has 0 spiro atoms. The maximum Gasteiger partial charge on any atom is 0.234 e. The van der Waals surface area contributed by atoms with E-state index in [2.05, 4.69) is 37.3 Å². The number of amidine groups is 1. The average molecular weight is 494 g/mol. The van der Waals surface area contributed by atoms with E-state index >= 15 is 0 Å². The van der Waals surface area contributed by atoms with Crippen LogP contribution in [0.5, 0.6) is 5.88 Å². The Hall–Kier alpha value is -3.96. The number of hydrogen-bond donors (Lipinski definition) is 2. The zero-order valence-corrected chi connectivity index (χ0v) is 20.0. The Kier molecular flexibility index (Phi) is 6.22. The van der Waals surface area contributed by atoms with Gasteiger partial charge in [0.25, 0.3) is 0 Å². The number of pyridine rings is 1. The van der Waals surface area contributed by atoms with Crippen molar-refractivity contribution in [3.63, 3.8) is 0 Å². The van der Waals surface area contributed by atoms with E-state index in [1.165, 1.54) is 18.5 Å². The van der Waals surface area contributed by atoms with Crippen LogP contribution in [-0.2, 0) is 5.54 Å². The van der Waals surface area contributed by atoms with Gasteiger partial charge in [-0.1, -0.05) is 17.7 Å². The van der Waals surface area contributed by atoms with Crippen LogP contribution in [0.4, 0.5) is 20.3 Å². The number of halogens is 2. The first-order valence-corrected chi connectivity index (χ1v) is 11.3. The summed E-state index contributed by atoms with van der Waals surface area (Å²) in [5, 5.41) is 12.7. The summed E-state index contributed by atoms with van der Waals surface area (Å²) >= 11 is 1.10. The predicted molar refractivity (Wildman–Crippen MR) is 131 cm³/mol. The number of nitrogens with two attached hydrogens (primary N) is 1. The van der Waals surface area contributed by atoms with E-state index in [9.17, 15) is 14.0 Å². The molecule has 3 atom stereocenters. The fourth-order valence-corrected chi connectivity index (χ4v) is 5.04. The monoisotopic (exact) mass is 493 g/mol. The number of terminal acetylenes is 1. The number of fused-ring (bicyclic) bond motifs is 1. The Morgan fingerprint density at radius 3 is 2.80 bits per heavy atom. The number of ether oxygens (including phenoxy) is 1. The highest BCUT2D eigenvalue weighted by Gasteiger charge is 2.44. The Labute approximate surface area is 205 Å². The number of rotatable bonds is 5. The number of nitrogens with one attached hydrogen (secondary N) is 1. The number of anilines is 2. The van der Waals surface area contributed by atoms with Crippen molar-refractivity contribution in [1.29, 1.82) is 5.26 Å². The van der Waals surface area contributed by atoms with Crippen LogP contribution in [0.2, 0.25) is 0 Å². The van der Waals surface area contributed by atoms with E-state index in [4.69, 9.17) is 16.9 Å². The minimum absolute atomic E-state index is 0.0324. The minimum Gasteiger partial charge on any atom is -0.460 e. The molecule has 0 amide bonds. The minimum atomic E-state index is -1.26. The molecule has 3 heterocycles. The van der Waals surface area contributed by atoms with Crippen LogP contribution in [0.25, 0.3) is 11.0 Å². The molecule has 178 valence electrons. The van der Waals surface area contributed by atoms with Gasteiger partial charge in [0, 0.05) is 29.9 Å². The Morgan fingerprint density at radius 2 is 2.09 bits per heavy atom. The first-order chi connectivity index (χ1) is 16.6. The summed E-state index contributed by atoms with van der Waals surface area (Å²) in [7, 11) is 0. The van der Waals surface area contributed by atoms with Gasteiger partial charge in [0.1, 0.15) is 10.3 Å². The van der Waals surface area contributed by atoms with Crippen LogP contribution in [0.15, 0.2) is 35.6 Å². The van der Waals surface area contributed by atoms with Crippen molar-refractivity contribution in [2.24, 2.45) is 10.7 Å². The molecule has 0 saturated heterocycles. The van der Waals surface area contributed by atoms with E-state index < -0.39 is 28.0 Å². The molecule has 2 aromatic heterocycles. The lowest BCUT2D eigenvalue weighted by molar-refractivity contribution is 0.268. The first-order valence-electron chi connectivity index (χ1n) is 10.5. The highest BCUT2D eigenvalue weighted by molar-refractivity contribution is 8.15. The summed E-state index contributed by atoms with van der Waals surface area (Å²) in [6.07, 6.45) is 7.89. The zero-order valence-electron chi connectivity index (χ0n) is 19.1. The third kappa shape index (κ3) is 4.81. The molecule has 0 saturated carbocycles. The van der Waals surface area contributed by atoms with Crippen LogP contribution in [-0.4, -0.2) is 31.0 Å². The molecule has 8 nitrogen and oxygen atoms in total. The van der Waals surface area contributed by atoms with Crippen molar-refractivity contribution in [1.82, 2.24) is 15.0 Å². The van der Waals surface area contributed by atoms with E-state index in [1.807, 2.05) is 0 Å². The summed E-state index contributed by atoms with van der Waals surface area (Å²) in [6, 6.07) is 6.27. The van der Waals surface area contributed by atoms with Crippen LogP contribution >= 0.6 is 11.8 Å². The number of aliphatic imine (C=N–C) groups is 1. The van der Waals surface area contributed by atoms with E-state index in [1.54, 1.807) is 26.8 Å². The molecule has 0 fully saturated rings. The lowest BCUT2D eigenvalue weighted by Gasteiger charge is -2.37. The number of nitriles is 1. The molecule has 0 aliphatic carbocycles. The molecule has 0 radical (unpaired) electrons. The molecule has 35 heavy (non-hydrogen) atoms. The van der Waals surface area contributed by atoms with Crippen molar-refractivity contribution in [2.75, 3.05) is 5.32 Å². The molecule has 0 bridgehead atoms. The summed E-state index contributed by atoms with van der Waals surface area (Å²) in [4.78, 5) is 17.4. The molecule has 4 rings (SSSR count). The number of aromatic nitrogens is 3. The average Bonchev–Trinajstić information content (AvgIpc) is 2.80. The molecule has 1 aliphatic rings. The van der Waals surface area contributed by atoms with Crippen LogP contribution < -0.4 is 15.8 Å². The number of hydrogen-bond acceptors (Lipinski definition) is 9. The van der Waals surface area contributed by atoms with E-state index in [0.29, 0.717) is 11.0 Å². The lowest BCUT2D eigenvalue weighted by Crippen LogP contribution is -2.39. The van der Waals surface area contributed by atoms with Gasteiger partial charge in [0.2, 0.25) is 5.88 Å². The summed E-state index contributed by atoms with van der Waals surface area (Å²) in [6.45, 7) is 5.01. The van der Waals surface area contributed by atoms with E-state index in [0.717, 1.165) is 17.8 Å². The van der Waals surface area contributed by atoms with Gasteiger partial charge in [-0.2, -0.15) is 5.26 Å². The lowest BCUT2D eigenvalue weighted by atomic mass is 9.83. The zero-order chi connectivity index (χ0) is 25.4. The fraction of sp³-hybridized carbons (Fsp3) is 0.292. The maximum absolute atomic E-state index is 15.0. The molecule has 0 unspecified atom stereocenters. The number of benzene rings is 1. The summed E-state index contributed by atoms with van der Waals surface area (Å²) < 4.78 is 34.3. The Morgan fingerprint density at radius 1 is 1.31 bits per heavy atom. The largest absolute Gasteiger partial charge is 0.460 e. The van der Waals surface area contributed by atoms with Gasteiger partial charge in [-0.3, -0.25) is 4.99 Å². The number of nitrogens with zero attached hydrogens (tertiary/aromatic N) is 5. The molecule has 1 aromatic carbocycles. The molecule has 11 heteroatoms. The van der Waals surface area contributed by atoms with Crippen LogP contribution in [0.3, 0.4) is 0 Å². The van der Waals surface area contributed by atoms with E-state index in [-0.39, 0.29) is 34.5 Å². The van der Waals surface area contributed by atoms with Crippen molar-refractivity contribution >= 4 is 39.5 Å². The van der Waals surface area contributed by atoms with Crippen LogP contribution in [0, 0.1) is 35.3 Å². The first kappa shape index (κ1) is 24.2. The molecular weight excluding hydrogens is 472 g/mol. The highest BCUT2D eigenvalue weighted by Crippen LogP contribution is 2.46. The predicted octanol–water partition coefficient (Wildman–Crippen LogP) is 4.40. The molecule has 3 aromatic rings.